The number of rotatable bonds is 7. The summed E-state index contributed by atoms with van der Waals surface area (Å²) in [6, 6.07) is 1.81. The van der Waals surface area contributed by atoms with Crippen molar-refractivity contribution in [3.63, 3.8) is 0 Å². The van der Waals surface area contributed by atoms with Crippen LogP contribution in [-0.2, 0) is 22.6 Å². The summed E-state index contributed by atoms with van der Waals surface area (Å²) in [6.07, 6.45) is 9.12. The molecule has 39 heavy (non-hydrogen) atoms. The Labute approximate surface area is 225 Å². The maximum absolute atomic E-state index is 13.3. The molecular formula is C27H38F4N6O2. The minimum atomic E-state index is -2.61. The fourth-order valence-electron chi connectivity index (χ4n) is 4.33. The number of nitrogens with zero attached hydrogens (tertiary/aromatic N) is 4. The first kappa shape index (κ1) is 30.5. The summed E-state index contributed by atoms with van der Waals surface area (Å²) in [5.74, 6) is -5.89. The van der Waals surface area contributed by atoms with Crippen LogP contribution in [0.15, 0.2) is 23.5 Å². The van der Waals surface area contributed by atoms with Gasteiger partial charge in [-0.05, 0) is 49.7 Å². The Bertz CT molecular complexity index is 1140. The van der Waals surface area contributed by atoms with Crippen LogP contribution < -0.4 is 11.1 Å². The second kappa shape index (κ2) is 13.3. The van der Waals surface area contributed by atoms with E-state index in [2.05, 4.69) is 20.4 Å². The highest BCUT2D eigenvalue weighted by atomic mass is 19.3. The topological polar surface area (TPSA) is 115 Å². The van der Waals surface area contributed by atoms with Gasteiger partial charge in [-0.3, -0.25) is 14.6 Å². The lowest BCUT2D eigenvalue weighted by molar-refractivity contribution is -0.133. The number of aromatic nitrogens is 3. The highest BCUT2D eigenvalue weighted by Gasteiger charge is 2.45. The zero-order valence-electron chi connectivity index (χ0n) is 22.6. The van der Waals surface area contributed by atoms with Crippen LogP contribution in [0.3, 0.4) is 0 Å². The van der Waals surface area contributed by atoms with Gasteiger partial charge in [-0.2, -0.15) is 5.10 Å². The van der Waals surface area contributed by atoms with Gasteiger partial charge in [0.15, 0.2) is 5.65 Å². The van der Waals surface area contributed by atoms with Crippen molar-refractivity contribution in [2.75, 3.05) is 7.05 Å². The van der Waals surface area contributed by atoms with E-state index in [1.807, 2.05) is 6.07 Å². The zero-order chi connectivity index (χ0) is 28.6. The lowest BCUT2D eigenvalue weighted by Crippen LogP contribution is -2.38. The molecule has 0 aromatic carbocycles. The van der Waals surface area contributed by atoms with Gasteiger partial charge in [0.25, 0.3) is 5.91 Å². The quantitative estimate of drug-likeness (QED) is 0.375. The Balaban J connectivity index is 0.000000356. The average molecular weight is 555 g/mol. The zero-order valence-corrected chi connectivity index (χ0v) is 22.6. The van der Waals surface area contributed by atoms with E-state index in [-0.39, 0.29) is 56.4 Å². The molecule has 0 spiro atoms. The molecule has 3 N–H and O–H groups in total. The Kier molecular flexibility index (Phi) is 10.4. The number of fused-ring (bicyclic) bond motifs is 1. The van der Waals surface area contributed by atoms with Crippen molar-refractivity contribution < 1.29 is 27.2 Å². The van der Waals surface area contributed by atoms with Crippen LogP contribution in [0.1, 0.15) is 82.4 Å². The van der Waals surface area contributed by atoms with Gasteiger partial charge in [0.2, 0.25) is 17.8 Å². The Morgan fingerprint density at radius 3 is 2.26 bits per heavy atom. The molecule has 0 aliphatic heterocycles. The standard InChI is InChI=1S/C20H24F4N4O.C4H8N2O.C3H6/c21-19(22)3-1-13(2-4-19)5-16-12-28-17(27-16)6-15(11-26-28)10-25-18(29)7-14-8-20(23,24)9-14;1-3(6-2)4(5)7;1-2-3-1/h6,11-14H,1-5,7-10H2,(H,25,29);1-2H3,(H2,5,7);1-3H2. The van der Waals surface area contributed by atoms with Crippen molar-refractivity contribution in [3.8, 4) is 0 Å². The molecule has 3 fully saturated rings. The first-order valence-electron chi connectivity index (χ1n) is 13.4. The van der Waals surface area contributed by atoms with Crippen LogP contribution in [0, 0.1) is 11.8 Å². The molecule has 0 saturated heterocycles. The smallest absolute Gasteiger partial charge is 0.262 e. The van der Waals surface area contributed by atoms with Gasteiger partial charge < -0.3 is 11.1 Å². The molecule has 0 unspecified atom stereocenters. The third-order valence-corrected chi connectivity index (χ3v) is 6.95. The molecule has 0 bridgehead atoms. The van der Waals surface area contributed by atoms with E-state index in [9.17, 15) is 27.2 Å². The highest BCUT2D eigenvalue weighted by Crippen LogP contribution is 2.44. The number of hydrogen-bond acceptors (Lipinski definition) is 5. The minimum absolute atomic E-state index is 0.0639. The van der Waals surface area contributed by atoms with Crippen LogP contribution in [0.4, 0.5) is 17.6 Å². The summed E-state index contributed by atoms with van der Waals surface area (Å²) < 4.78 is 53.9. The first-order chi connectivity index (χ1) is 18.4. The molecule has 5 rings (SSSR count). The van der Waals surface area contributed by atoms with Gasteiger partial charge in [-0.1, -0.05) is 19.3 Å². The van der Waals surface area contributed by atoms with E-state index < -0.39 is 17.8 Å². The summed E-state index contributed by atoms with van der Waals surface area (Å²) in [4.78, 5) is 30.0. The predicted molar refractivity (Wildman–Crippen MR) is 140 cm³/mol. The molecule has 0 atom stereocenters. The minimum Gasteiger partial charge on any atom is -0.365 e. The molecular weight excluding hydrogens is 516 g/mol. The van der Waals surface area contributed by atoms with E-state index in [0.717, 1.165) is 11.3 Å². The van der Waals surface area contributed by atoms with Crippen LogP contribution >= 0.6 is 0 Å². The van der Waals surface area contributed by atoms with Crippen molar-refractivity contribution in [1.29, 1.82) is 0 Å². The van der Waals surface area contributed by atoms with Crippen molar-refractivity contribution in [2.24, 2.45) is 22.6 Å². The third kappa shape index (κ3) is 10.6. The maximum atomic E-state index is 13.3. The average Bonchev–Trinajstić information content (AvgIpc) is 3.69. The molecule has 12 heteroatoms. The first-order valence-corrected chi connectivity index (χ1v) is 13.4. The molecule has 2 aromatic rings. The number of primary amides is 1. The van der Waals surface area contributed by atoms with E-state index in [1.54, 1.807) is 23.8 Å². The summed E-state index contributed by atoms with van der Waals surface area (Å²) >= 11 is 0. The van der Waals surface area contributed by atoms with Gasteiger partial charge in [0, 0.05) is 45.7 Å². The normalized spacial score (nSPS) is 20.1. The molecule has 2 amide bonds. The van der Waals surface area contributed by atoms with Crippen molar-refractivity contribution in [1.82, 2.24) is 19.9 Å². The number of carbonyl (C=O) groups is 2. The van der Waals surface area contributed by atoms with Crippen LogP contribution in [0.5, 0.6) is 0 Å². The van der Waals surface area contributed by atoms with E-state index in [4.69, 9.17) is 5.73 Å². The number of carbonyl (C=O) groups excluding carboxylic acids is 2. The molecule has 0 radical (unpaired) electrons. The summed E-state index contributed by atoms with van der Waals surface area (Å²) in [6.45, 7) is 1.83. The number of nitrogens with two attached hydrogens (primary N) is 1. The maximum Gasteiger partial charge on any atom is 0.262 e. The number of alkyl halides is 4. The Morgan fingerprint density at radius 2 is 1.74 bits per heavy atom. The van der Waals surface area contributed by atoms with Crippen LogP contribution in [0.2, 0.25) is 0 Å². The number of amides is 2. The Hall–Kier alpha value is -3.05. The highest BCUT2D eigenvalue weighted by molar-refractivity contribution is 6.37. The molecule has 216 valence electrons. The van der Waals surface area contributed by atoms with E-state index >= 15 is 0 Å². The van der Waals surface area contributed by atoms with Gasteiger partial charge >= 0.3 is 0 Å². The summed E-state index contributed by atoms with van der Waals surface area (Å²) in [5, 5.41) is 7.03. The number of aliphatic imine (C=N–C) groups is 1. The summed E-state index contributed by atoms with van der Waals surface area (Å²) in [7, 11) is 1.53. The molecule has 2 aromatic heterocycles. The van der Waals surface area contributed by atoms with Gasteiger partial charge in [0.1, 0.15) is 0 Å². The van der Waals surface area contributed by atoms with Crippen molar-refractivity contribution >= 4 is 23.2 Å². The molecule has 3 aliphatic rings. The Morgan fingerprint density at radius 1 is 1.10 bits per heavy atom. The number of nitrogens with one attached hydrogen (secondary N) is 1. The SMILES string of the molecule is C1CC1.CN=C(C)C(N)=O.O=C(CC1CC(F)(F)C1)NCc1cnn2cc(CC3CCC(F)(F)CC3)nc2c1. The molecule has 8 nitrogen and oxygen atoms in total. The number of hydrogen-bond donors (Lipinski definition) is 2. The van der Waals surface area contributed by atoms with Crippen LogP contribution in [0.25, 0.3) is 5.65 Å². The molecule has 3 aliphatic carbocycles. The van der Waals surface area contributed by atoms with Gasteiger partial charge in [0.05, 0.1) is 23.8 Å². The lowest BCUT2D eigenvalue weighted by Gasteiger charge is -2.34. The monoisotopic (exact) mass is 554 g/mol. The predicted octanol–water partition coefficient (Wildman–Crippen LogP) is 4.88. The van der Waals surface area contributed by atoms with Crippen molar-refractivity contribution in [3.05, 3.63) is 29.7 Å². The van der Waals surface area contributed by atoms with E-state index in [1.165, 1.54) is 26.3 Å². The van der Waals surface area contributed by atoms with Crippen LogP contribution in [-0.4, -0.2) is 51.0 Å². The molecule has 3 saturated carbocycles. The summed E-state index contributed by atoms with van der Waals surface area (Å²) in [5.41, 5.74) is 7.35. The van der Waals surface area contributed by atoms with Crippen molar-refractivity contribution in [2.45, 2.75) is 95.9 Å². The fourth-order valence-corrected chi connectivity index (χ4v) is 4.33. The van der Waals surface area contributed by atoms with Gasteiger partial charge in [-0.15, -0.1) is 0 Å². The third-order valence-electron chi connectivity index (χ3n) is 6.95. The van der Waals surface area contributed by atoms with E-state index in [0.29, 0.717) is 30.6 Å². The number of halogens is 4. The largest absolute Gasteiger partial charge is 0.365 e. The number of imidazole rings is 1. The lowest BCUT2D eigenvalue weighted by atomic mass is 9.79. The second-order valence-corrected chi connectivity index (χ2v) is 10.7. The molecule has 2 heterocycles. The second-order valence-electron chi connectivity index (χ2n) is 10.7. The fraction of sp³-hybridized carbons (Fsp3) is 0.667. The van der Waals surface area contributed by atoms with Gasteiger partial charge in [-0.25, -0.2) is 27.1 Å².